The highest BCUT2D eigenvalue weighted by Crippen LogP contribution is 2.16. The Morgan fingerprint density at radius 2 is 1.89 bits per heavy atom. The van der Waals surface area contributed by atoms with E-state index in [0.29, 0.717) is 24.6 Å². The van der Waals surface area contributed by atoms with Crippen LogP contribution in [0.25, 0.3) is 0 Å². The molecule has 0 aliphatic heterocycles. The summed E-state index contributed by atoms with van der Waals surface area (Å²) < 4.78 is 25.8. The third kappa shape index (κ3) is 4.19. The van der Waals surface area contributed by atoms with Crippen LogP contribution in [-0.4, -0.2) is 12.1 Å². The molecule has 0 spiro atoms. The van der Waals surface area contributed by atoms with E-state index in [2.05, 4.69) is 19.2 Å². The first-order chi connectivity index (χ1) is 7.89. The van der Waals surface area contributed by atoms with E-state index in [-0.39, 0.29) is 17.9 Å². The summed E-state index contributed by atoms with van der Waals surface area (Å²) in [5.41, 5.74) is 6.24. The van der Waals surface area contributed by atoms with E-state index in [1.807, 2.05) is 6.92 Å². The zero-order valence-corrected chi connectivity index (χ0v) is 11.8. The van der Waals surface area contributed by atoms with Gasteiger partial charge in [0.15, 0.2) is 11.6 Å². The molecule has 0 aromatic heterocycles. The van der Waals surface area contributed by atoms with Crippen LogP contribution in [0.3, 0.4) is 0 Å². The van der Waals surface area contributed by atoms with Gasteiger partial charge in [-0.3, -0.25) is 0 Å². The van der Waals surface area contributed by atoms with Crippen LogP contribution < -0.4 is 11.1 Å². The van der Waals surface area contributed by atoms with Crippen molar-refractivity contribution < 1.29 is 8.78 Å². The third-order valence-corrected chi connectivity index (χ3v) is 3.38. The summed E-state index contributed by atoms with van der Waals surface area (Å²) in [7, 11) is 0. The van der Waals surface area contributed by atoms with Crippen molar-refractivity contribution in [1.82, 2.24) is 5.32 Å². The van der Waals surface area contributed by atoms with Gasteiger partial charge >= 0.3 is 0 Å². The van der Waals surface area contributed by atoms with Crippen molar-refractivity contribution in [2.45, 2.75) is 32.9 Å². The van der Waals surface area contributed by atoms with E-state index in [9.17, 15) is 8.78 Å². The molecule has 0 fully saturated rings. The number of hydrogen-bond donors (Lipinski definition) is 2. The lowest BCUT2D eigenvalue weighted by atomic mass is 9.88. The van der Waals surface area contributed by atoms with E-state index in [0.717, 1.165) is 6.07 Å². The molecule has 0 radical (unpaired) electrons. The van der Waals surface area contributed by atoms with E-state index in [4.69, 9.17) is 5.73 Å². The van der Waals surface area contributed by atoms with E-state index < -0.39 is 11.6 Å². The van der Waals surface area contributed by atoms with E-state index >= 15 is 0 Å². The molecule has 3 N–H and O–H groups in total. The molecule has 1 atom stereocenters. The summed E-state index contributed by atoms with van der Waals surface area (Å²) in [5, 5.41) is 3.29. The molecule has 1 aromatic rings. The fourth-order valence-electron chi connectivity index (χ4n) is 1.47. The maximum Gasteiger partial charge on any atom is 0.159 e. The van der Waals surface area contributed by atoms with Crippen LogP contribution >= 0.6 is 12.4 Å². The van der Waals surface area contributed by atoms with Gasteiger partial charge in [-0.1, -0.05) is 19.9 Å². The largest absolute Gasteiger partial charge is 0.329 e. The fraction of sp³-hybridized carbons (Fsp3) is 0.538. The second-order valence-corrected chi connectivity index (χ2v) is 4.88. The molecular weight excluding hydrogens is 258 g/mol. The second-order valence-electron chi connectivity index (χ2n) is 4.88. The van der Waals surface area contributed by atoms with Gasteiger partial charge in [-0.05, 0) is 30.5 Å². The van der Waals surface area contributed by atoms with Crippen molar-refractivity contribution in [2.75, 3.05) is 6.54 Å². The van der Waals surface area contributed by atoms with Gasteiger partial charge in [0.25, 0.3) is 0 Å². The number of nitrogens with one attached hydrogen (secondary N) is 1. The van der Waals surface area contributed by atoms with Gasteiger partial charge in [-0.2, -0.15) is 0 Å². The predicted molar refractivity (Wildman–Crippen MR) is 72.7 cm³/mol. The number of benzene rings is 1. The Balaban J connectivity index is 0.00000289. The van der Waals surface area contributed by atoms with Gasteiger partial charge in [0, 0.05) is 18.6 Å². The Morgan fingerprint density at radius 3 is 2.33 bits per heavy atom. The zero-order chi connectivity index (χ0) is 13.1. The van der Waals surface area contributed by atoms with Gasteiger partial charge in [0.05, 0.1) is 0 Å². The summed E-state index contributed by atoms with van der Waals surface area (Å²) >= 11 is 0. The van der Waals surface area contributed by atoms with Crippen molar-refractivity contribution in [2.24, 2.45) is 11.7 Å². The SMILES string of the molecule is CC(C)C(C)(CN)NCc1ccc(F)c(F)c1.Cl. The minimum absolute atomic E-state index is 0. The highest BCUT2D eigenvalue weighted by molar-refractivity contribution is 5.85. The molecule has 2 nitrogen and oxygen atoms in total. The Labute approximate surface area is 113 Å². The standard InChI is InChI=1S/C13H20F2N2.ClH/c1-9(2)13(3,8-16)17-7-10-4-5-11(14)12(15)6-10;/h4-6,9,17H,7-8,16H2,1-3H3;1H. The van der Waals surface area contributed by atoms with E-state index in [1.165, 1.54) is 6.07 Å². The molecule has 0 aliphatic rings. The highest BCUT2D eigenvalue weighted by Gasteiger charge is 2.25. The van der Waals surface area contributed by atoms with Crippen LogP contribution in [0, 0.1) is 17.6 Å². The van der Waals surface area contributed by atoms with Crippen LogP contribution in [0.2, 0.25) is 0 Å². The molecule has 1 aromatic carbocycles. The van der Waals surface area contributed by atoms with Crippen LogP contribution in [0.5, 0.6) is 0 Å². The Kier molecular flexibility index (Phi) is 6.74. The lowest BCUT2D eigenvalue weighted by Gasteiger charge is -2.33. The Morgan fingerprint density at radius 1 is 1.28 bits per heavy atom. The molecule has 5 heteroatoms. The number of rotatable bonds is 5. The smallest absolute Gasteiger partial charge is 0.159 e. The summed E-state index contributed by atoms with van der Waals surface area (Å²) in [5.74, 6) is -1.28. The molecule has 1 unspecified atom stereocenters. The number of nitrogens with two attached hydrogens (primary N) is 1. The minimum atomic E-state index is -0.820. The van der Waals surface area contributed by atoms with Gasteiger partial charge in [0.1, 0.15) is 0 Å². The Bertz CT molecular complexity index is 385. The Hall–Kier alpha value is -0.710. The van der Waals surface area contributed by atoms with Crippen LogP contribution in [0.15, 0.2) is 18.2 Å². The molecule has 1 rings (SSSR count). The first kappa shape index (κ1) is 17.3. The quantitative estimate of drug-likeness (QED) is 0.869. The van der Waals surface area contributed by atoms with Gasteiger partial charge in [-0.15, -0.1) is 12.4 Å². The van der Waals surface area contributed by atoms with Gasteiger partial charge in [-0.25, -0.2) is 8.78 Å². The first-order valence-electron chi connectivity index (χ1n) is 5.78. The molecule has 0 saturated heterocycles. The summed E-state index contributed by atoms with van der Waals surface area (Å²) in [6.45, 7) is 7.14. The van der Waals surface area contributed by atoms with Crippen molar-refractivity contribution in [3.8, 4) is 0 Å². The van der Waals surface area contributed by atoms with E-state index in [1.54, 1.807) is 6.07 Å². The third-order valence-electron chi connectivity index (χ3n) is 3.38. The lowest BCUT2D eigenvalue weighted by Crippen LogP contribution is -2.52. The van der Waals surface area contributed by atoms with Crippen molar-refractivity contribution >= 4 is 12.4 Å². The zero-order valence-electron chi connectivity index (χ0n) is 11.0. The second kappa shape index (κ2) is 7.02. The van der Waals surface area contributed by atoms with Gasteiger partial charge in [0.2, 0.25) is 0 Å². The number of hydrogen-bond acceptors (Lipinski definition) is 2. The number of halogens is 3. The van der Waals surface area contributed by atoms with Crippen LogP contribution in [0.4, 0.5) is 8.78 Å². The molecule has 0 aliphatic carbocycles. The molecule has 0 saturated carbocycles. The normalized spacial score (nSPS) is 14.2. The lowest BCUT2D eigenvalue weighted by molar-refractivity contribution is 0.267. The molecule has 0 bridgehead atoms. The summed E-state index contributed by atoms with van der Waals surface area (Å²) in [6.07, 6.45) is 0. The predicted octanol–water partition coefficient (Wildman–Crippen LogP) is 2.85. The summed E-state index contributed by atoms with van der Waals surface area (Å²) in [6, 6.07) is 3.92. The molecule has 104 valence electrons. The molecule has 18 heavy (non-hydrogen) atoms. The van der Waals surface area contributed by atoms with Gasteiger partial charge < -0.3 is 11.1 Å². The van der Waals surface area contributed by atoms with Crippen LogP contribution in [0.1, 0.15) is 26.3 Å². The van der Waals surface area contributed by atoms with Crippen LogP contribution in [-0.2, 0) is 6.54 Å². The van der Waals surface area contributed by atoms with Crippen molar-refractivity contribution in [1.29, 1.82) is 0 Å². The highest BCUT2D eigenvalue weighted by atomic mass is 35.5. The molecular formula is C13H21ClF2N2. The average molecular weight is 279 g/mol. The monoisotopic (exact) mass is 278 g/mol. The minimum Gasteiger partial charge on any atom is -0.329 e. The first-order valence-corrected chi connectivity index (χ1v) is 5.78. The van der Waals surface area contributed by atoms with Crippen molar-refractivity contribution in [3.05, 3.63) is 35.4 Å². The maximum absolute atomic E-state index is 13.0. The topological polar surface area (TPSA) is 38.0 Å². The molecule has 0 heterocycles. The maximum atomic E-state index is 13.0. The molecule has 0 amide bonds. The average Bonchev–Trinajstić information content (AvgIpc) is 2.30. The van der Waals surface area contributed by atoms with Crippen molar-refractivity contribution in [3.63, 3.8) is 0 Å². The fourth-order valence-corrected chi connectivity index (χ4v) is 1.47. The summed E-state index contributed by atoms with van der Waals surface area (Å²) in [4.78, 5) is 0.